The van der Waals surface area contributed by atoms with Gasteiger partial charge in [0.05, 0.1) is 17.2 Å². The average Bonchev–Trinajstić information content (AvgIpc) is 2.62. The number of likely N-dealkylation sites (tertiary alicyclic amines) is 1. The van der Waals surface area contributed by atoms with Crippen LogP contribution in [0.1, 0.15) is 25.7 Å². The lowest BCUT2D eigenvalue weighted by Gasteiger charge is -2.26. The van der Waals surface area contributed by atoms with Gasteiger partial charge in [-0.1, -0.05) is 18.6 Å². The third-order valence-corrected chi connectivity index (χ3v) is 4.47. The van der Waals surface area contributed by atoms with Crippen LogP contribution in [0.25, 0.3) is 10.9 Å². The third kappa shape index (κ3) is 4.20. The Kier molecular flexibility index (Phi) is 5.59. The van der Waals surface area contributed by atoms with Crippen LogP contribution in [0.5, 0.6) is 0 Å². The topological polar surface area (TPSA) is 67.2 Å². The summed E-state index contributed by atoms with van der Waals surface area (Å²) in [5.41, 5.74) is 0.477. The maximum atomic E-state index is 12.3. The molecule has 0 aliphatic carbocycles. The number of hydrogen-bond acceptors (Lipinski definition) is 4. The summed E-state index contributed by atoms with van der Waals surface area (Å²) >= 11 is 0. The van der Waals surface area contributed by atoms with E-state index >= 15 is 0 Å². The number of hydrogen-bond donors (Lipinski definition) is 1. The highest BCUT2D eigenvalue weighted by molar-refractivity contribution is 5.78. The first kappa shape index (κ1) is 16.6. The molecule has 1 aliphatic heterocycles. The van der Waals surface area contributed by atoms with Crippen molar-refractivity contribution in [2.24, 2.45) is 0 Å². The number of rotatable bonds is 6. The van der Waals surface area contributed by atoms with Crippen molar-refractivity contribution < 1.29 is 4.79 Å². The van der Waals surface area contributed by atoms with Crippen LogP contribution in [-0.2, 0) is 11.3 Å². The van der Waals surface area contributed by atoms with Gasteiger partial charge in [0.2, 0.25) is 5.91 Å². The molecule has 1 aliphatic rings. The Balaban J connectivity index is 1.48. The Labute approximate surface area is 141 Å². The molecule has 0 saturated carbocycles. The minimum Gasteiger partial charge on any atom is -0.354 e. The van der Waals surface area contributed by atoms with Crippen LogP contribution in [0.4, 0.5) is 0 Å². The second-order valence-corrected chi connectivity index (χ2v) is 6.30. The first-order chi connectivity index (χ1) is 11.7. The van der Waals surface area contributed by atoms with Crippen LogP contribution >= 0.6 is 0 Å². The van der Waals surface area contributed by atoms with Crippen molar-refractivity contribution in [1.82, 2.24) is 19.8 Å². The molecular weight excluding hydrogens is 304 g/mol. The number of amides is 1. The molecule has 0 unspecified atom stereocenters. The van der Waals surface area contributed by atoms with E-state index in [9.17, 15) is 9.59 Å². The summed E-state index contributed by atoms with van der Waals surface area (Å²) in [5.74, 6) is -0.146. The molecule has 2 aromatic rings. The van der Waals surface area contributed by atoms with Crippen molar-refractivity contribution in [2.45, 2.75) is 32.2 Å². The molecule has 1 amide bonds. The van der Waals surface area contributed by atoms with Gasteiger partial charge in [-0.05, 0) is 51.0 Å². The molecular formula is C18H24N4O2. The van der Waals surface area contributed by atoms with Gasteiger partial charge < -0.3 is 10.2 Å². The first-order valence-electron chi connectivity index (χ1n) is 8.67. The maximum absolute atomic E-state index is 12.3. The molecule has 0 bridgehead atoms. The van der Waals surface area contributed by atoms with Crippen molar-refractivity contribution in [3.8, 4) is 0 Å². The van der Waals surface area contributed by atoms with Crippen LogP contribution < -0.4 is 10.9 Å². The molecule has 1 aromatic carbocycles. The van der Waals surface area contributed by atoms with Gasteiger partial charge in [-0.25, -0.2) is 4.98 Å². The van der Waals surface area contributed by atoms with Crippen LogP contribution in [0.3, 0.4) is 0 Å². The van der Waals surface area contributed by atoms with E-state index in [0.717, 1.165) is 13.0 Å². The fourth-order valence-corrected chi connectivity index (χ4v) is 3.14. The number of fused-ring (bicyclic) bond motifs is 1. The number of para-hydroxylation sites is 1. The standard InChI is InChI=1S/C18H24N4O2/c23-17(19-9-6-12-21-10-4-1-5-11-21)13-22-14-20-16-8-3-2-7-15(16)18(22)24/h2-3,7-8,14H,1,4-6,9-13H2,(H,19,23). The van der Waals surface area contributed by atoms with Crippen molar-refractivity contribution in [2.75, 3.05) is 26.2 Å². The number of carbonyl (C=O) groups is 1. The van der Waals surface area contributed by atoms with Crippen LogP contribution in [-0.4, -0.2) is 46.5 Å². The Morgan fingerprint density at radius 3 is 2.79 bits per heavy atom. The fraction of sp³-hybridized carbons (Fsp3) is 0.500. The summed E-state index contributed by atoms with van der Waals surface area (Å²) in [6.45, 7) is 4.03. The molecule has 3 rings (SSSR count). The molecule has 0 radical (unpaired) electrons. The highest BCUT2D eigenvalue weighted by Gasteiger charge is 2.10. The van der Waals surface area contributed by atoms with E-state index in [1.165, 1.54) is 43.2 Å². The van der Waals surface area contributed by atoms with Gasteiger partial charge in [0.15, 0.2) is 0 Å². The normalized spacial score (nSPS) is 15.5. The minimum atomic E-state index is -0.177. The van der Waals surface area contributed by atoms with Crippen molar-refractivity contribution in [3.63, 3.8) is 0 Å². The molecule has 128 valence electrons. The molecule has 1 N–H and O–H groups in total. The van der Waals surface area contributed by atoms with E-state index in [4.69, 9.17) is 0 Å². The molecule has 24 heavy (non-hydrogen) atoms. The number of piperidine rings is 1. The average molecular weight is 328 g/mol. The van der Waals surface area contributed by atoms with Crippen LogP contribution in [0.15, 0.2) is 35.4 Å². The summed E-state index contributed by atoms with van der Waals surface area (Å²) in [5, 5.41) is 3.43. The molecule has 6 heteroatoms. The van der Waals surface area contributed by atoms with E-state index in [1.807, 2.05) is 6.07 Å². The third-order valence-electron chi connectivity index (χ3n) is 4.47. The van der Waals surface area contributed by atoms with Crippen molar-refractivity contribution >= 4 is 16.8 Å². The maximum Gasteiger partial charge on any atom is 0.261 e. The summed E-state index contributed by atoms with van der Waals surface area (Å²) in [7, 11) is 0. The quantitative estimate of drug-likeness (QED) is 0.814. The van der Waals surface area contributed by atoms with Gasteiger partial charge in [-0.2, -0.15) is 0 Å². The lowest BCUT2D eigenvalue weighted by molar-refractivity contribution is -0.121. The lowest BCUT2D eigenvalue weighted by Crippen LogP contribution is -2.35. The predicted molar refractivity (Wildman–Crippen MR) is 93.9 cm³/mol. The van der Waals surface area contributed by atoms with E-state index < -0.39 is 0 Å². The summed E-state index contributed by atoms with van der Waals surface area (Å²) < 4.78 is 1.36. The van der Waals surface area contributed by atoms with E-state index in [-0.39, 0.29) is 18.0 Å². The van der Waals surface area contributed by atoms with Crippen molar-refractivity contribution in [3.05, 3.63) is 40.9 Å². The summed E-state index contributed by atoms with van der Waals surface area (Å²) in [6, 6.07) is 7.17. The Morgan fingerprint density at radius 2 is 1.96 bits per heavy atom. The van der Waals surface area contributed by atoms with Crippen LogP contribution in [0, 0.1) is 0 Å². The summed E-state index contributed by atoms with van der Waals surface area (Å²) in [4.78, 5) is 31.1. The largest absolute Gasteiger partial charge is 0.354 e. The van der Waals surface area contributed by atoms with Gasteiger partial charge in [0, 0.05) is 6.54 Å². The minimum absolute atomic E-state index is 0.0143. The zero-order chi connectivity index (χ0) is 16.8. The molecule has 0 atom stereocenters. The second-order valence-electron chi connectivity index (χ2n) is 6.30. The number of nitrogens with zero attached hydrogens (tertiary/aromatic N) is 3. The molecule has 1 aromatic heterocycles. The number of carbonyl (C=O) groups excluding carboxylic acids is 1. The van der Waals surface area contributed by atoms with Gasteiger partial charge >= 0.3 is 0 Å². The van der Waals surface area contributed by atoms with Gasteiger partial charge in [-0.3, -0.25) is 14.2 Å². The van der Waals surface area contributed by atoms with Crippen molar-refractivity contribution in [1.29, 1.82) is 0 Å². The zero-order valence-electron chi connectivity index (χ0n) is 13.9. The SMILES string of the molecule is O=C(Cn1cnc2ccccc2c1=O)NCCCN1CCCCC1. The van der Waals surface area contributed by atoms with E-state index in [1.54, 1.807) is 18.2 Å². The Bertz CT molecular complexity index is 750. The molecule has 1 saturated heterocycles. The number of benzene rings is 1. The highest BCUT2D eigenvalue weighted by atomic mass is 16.2. The second kappa shape index (κ2) is 8.06. The smallest absolute Gasteiger partial charge is 0.261 e. The molecule has 0 spiro atoms. The number of nitrogens with one attached hydrogen (secondary N) is 1. The zero-order valence-corrected chi connectivity index (χ0v) is 13.9. The lowest BCUT2D eigenvalue weighted by atomic mass is 10.1. The van der Waals surface area contributed by atoms with E-state index in [2.05, 4.69) is 15.2 Å². The molecule has 6 nitrogen and oxygen atoms in total. The Morgan fingerprint density at radius 1 is 1.17 bits per heavy atom. The van der Waals surface area contributed by atoms with Gasteiger partial charge in [-0.15, -0.1) is 0 Å². The predicted octanol–water partition coefficient (Wildman–Crippen LogP) is 1.39. The monoisotopic (exact) mass is 328 g/mol. The van der Waals surface area contributed by atoms with Gasteiger partial charge in [0.25, 0.3) is 5.56 Å². The van der Waals surface area contributed by atoms with Gasteiger partial charge in [0.1, 0.15) is 6.54 Å². The first-order valence-corrected chi connectivity index (χ1v) is 8.67. The molecule has 2 heterocycles. The Hall–Kier alpha value is -2.21. The number of aromatic nitrogens is 2. The van der Waals surface area contributed by atoms with E-state index in [0.29, 0.717) is 17.4 Å². The molecule has 1 fully saturated rings. The fourth-order valence-electron chi connectivity index (χ4n) is 3.14. The van der Waals surface area contributed by atoms with Crippen LogP contribution in [0.2, 0.25) is 0 Å². The highest BCUT2D eigenvalue weighted by Crippen LogP contribution is 2.08. The summed E-state index contributed by atoms with van der Waals surface area (Å²) in [6.07, 6.45) is 6.28.